The Labute approximate surface area is 216 Å². The molecule has 9 nitrogen and oxygen atoms in total. The molecule has 3 atom stereocenters. The second kappa shape index (κ2) is 12.0. The number of benzene rings is 2. The van der Waals surface area contributed by atoms with Gasteiger partial charge in [0.05, 0.1) is 17.1 Å². The Morgan fingerprint density at radius 1 is 1.17 bits per heavy atom. The van der Waals surface area contributed by atoms with E-state index in [0.717, 1.165) is 5.56 Å². The van der Waals surface area contributed by atoms with E-state index in [4.69, 9.17) is 4.74 Å². The van der Waals surface area contributed by atoms with E-state index in [1.807, 2.05) is 49.2 Å². The summed E-state index contributed by atoms with van der Waals surface area (Å²) in [5, 5.41) is 24.7. The number of nitrogens with one attached hydrogen (secondary N) is 1. The lowest BCUT2D eigenvalue weighted by molar-refractivity contribution is -0.384. The molecule has 1 aliphatic rings. The van der Waals surface area contributed by atoms with Crippen LogP contribution in [0.1, 0.15) is 31.9 Å². The summed E-state index contributed by atoms with van der Waals surface area (Å²) in [6.45, 7) is 5.88. The highest BCUT2D eigenvalue weighted by Crippen LogP contribution is 2.42. The molecule has 0 spiro atoms. The second-order valence-corrected chi connectivity index (χ2v) is 8.93. The summed E-state index contributed by atoms with van der Waals surface area (Å²) in [6, 6.07) is 15.8. The molecule has 0 saturated carbocycles. The molecule has 0 amide bonds. The first kappa shape index (κ1) is 28.8. The van der Waals surface area contributed by atoms with Gasteiger partial charge in [-0.25, -0.2) is 4.79 Å². The van der Waals surface area contributed by atoms with Gasteiger partial charge in [-0.15, -0.1) is 12.4 Å². The normalized spacial score (nSPS) is 21.4. The summed E-state index contributed by atoms with van der Waals surface area (Å²) in [6.07, 6.45) is 0.126. The van der Waals surface area contributed by atoms with Gasteiger partial charge in [-0.05, 0) is 45.4 Å². The molecule has 2 aromatic carbocycles. The monoisotopic (exact) mass is 517 g/mol. The van der Waals surface area contributed by atoms with Crippen molar-refractivity contribution in [2.75, 3.05) is 13.7 Å². The average molecular weight is 518 g/mol. The first-order chi connectivity index (χ1) is 16.6. The van der Waals surface area contributed by atoms with Crippen LogP contribution in [0.3, 0.4) is 0 Å². The van der Waals surface area contributed by atoms with Gasteiger partial charge in [0.25, 0.3) is 5.69 Å². The minimum absolute atomic E-state index is 0. The standard InChI is InChI=1S/C26H31N3O6.ClH/c1-5-35-25(32)23-21(15-19-12-9-13-20(14-19)29(33)34)22(24(30)31)17(2)27-26(23,3)28(4)16-18-10-7-6-8-11-18;/h6-14,21,23,27H,5,15-16H2,1-4H3,(H,30,31);1H. The van der Waals surface area contributed by atoms with Crippen molar-refractivity contribution in [2.24, 2.45) is 11.8 Å². The van der Waals surface area contributed by atoms with Gasteiger partial charge in [0, 0.05) is 30.3 Å². The Kier molecular flexibility index (Phi) is 9.61. The van der Waals surface area contributed by atoms with Crippen LogP contribution in [0.25, 0.3) is 0 Å². The van der Waals surface area contributed by atoms with Crippen molar-refractivity contribution in [1.82, 2.24) is 10.2 Å². The predicted molar refractivity (Wildman–Crippen MR) is 137 cm³/mol. The summed E-state index contributed by atoms with van der Waals surface area (Å²) < 4.78 is 5.44. The predicted octanol–water partition coefficient (Wildman–Crippen LogP) is 4.16. The molecule has 3 unspecified atom stereocenters. The lowest BCUT2D eigenvalue weighted by Crippen LogP contribution is -2.66. The fourth-order valence-electron chi connectivity index (χ4n) is 4.93. The van der Waals surface area contributed by atoms with Gasteiger partial charge < -0.3 is 15.2 Å². The van der Waals surface area contributed by atoms with Crippen LogP contribution in [0.2, 0.25) is 0 Å². The molecule has 2 N–H and O–H groups in total. The number of nitro benzene ring substituents is 1. The number of nitrogens with zero attached hydrogens (tertiary/aromatic N) is 2. The summed E-state index contributed by atoms with van der Waals surface area (Å²) in [4.78, 5) is 38.6. The average Bonchev–Trinajstić information content (AvgIpc) is 2.79. The van der Waals surface area contributed by atoms with E-state index in [1.165, 1.54) is 12.1 Å². The third-order valence-electron chi connectivity index (χ3n) is 6.63. The van der Waals surface area contributed by atoms with Crippen molar-refractivity contribution in [2.45, 2.75) is 39.4 Å². The zero-order valence-electron chi connectivity index (χ0n) is 20.8. The summed E-state index contributed by atoms with van der Waals surface area (Å²) in [5.74, 6) is -3.35. The lowest BCUT2D eigenvalue weighted by atomic mass is 9.71. The number of carbonyl (C=O) groups is 2. The van der Waals surface area contributed by atoms with Crippen molar-refractivity contribution in [3.05, 3.63) is 87.1 Å². The summed E-state index contributed by atoms with van der Waals surface area (Å²) >= 11 is 0. The lowest BCUT2D eigenvalue weighted by Gasteiger charge is -2.51. The molecular weight excluding hydrogens is 486 g/mol. The molecule has 1 aliphatic heterocycles. The molecular formula is C26H32ClN3O6. The van der Waals surface area contributed by atoms with Crippen LogP contribution in [-0.4, -0.2) is 46.2 Å². The van der Waals surface area contributed by atoms with Crippen molar-refractivity contribution in [3.63, 3.8) is 0 Å². The first-order valence-electron chi connectivity index (χ1n) is 11.5. The van der Waals surface area contributed by atoms with E-state index in [2.05, 4.69) is 5.32 Å². The van der Waals surface area contributed by atoms with Gasteiger partial charge in [-0.2, -0.15) is 0 Å². The number of nitro groups is 1. The van der Waals surface area contributed by atoms with Crippen molar-refractivity contribution >= 4 is 30.0 Å². The molecule has 0 saturated heterocycles. The molecule has 36 heavy (non-hydrogen) atoms. The SMILES string of the molecule is CCOC(=O)C1C(Cc2cccc([N+](=O)[O-])c2)C(C(=O)O)=C(C)NC1(C)N(C)Cc1ccccc1.Cl. The fraction of sp³-hybridized carbons (Fsp3) is 0.385. The number of hydrogen-bond acceptors (Lipinski definition) is 7. The maximum Gasteiger partial charge on any atom is 0.333 e. The van der Waals surface area contributed by atoms with E-state index >= 15 is 0 Å². The number of non-ortho nitro benzene ring substituents is 1. The number of carboxylic acids is 1. The maximum absolute atomic E-state index is 13.4. The zero-order valence-corrected chi connectivity index (χ0v) is 21.6. The largest absolute Gasteiger partial charge is 0.478 e. The van der Waals surface area contributed by atoms with E-state index in [-0.39, 0.29) is 36.7 Å². The van der Waals surface area contributed by atoms with Crippen molar-refractivity contribution in [3.8, 4) is 0 Å². The van der Waals surface area contributed by atoms with E-state index in [9.17, 15) is 24.8 Å². The number of aliphatic carboxylic acids is 1. The van der Waals surface area contributed by atoms with Crippen molar-refractivity contribution in [1.29, 1.82) is 0 Å². The van der Waals surface area contributed by atoms with Crippen LogP contribution in [0.5, 0.6) is 0 Å². The number of halogens is 1. The molecule has 0 aliphatic carbocycles. The van der Waals surface area contributed by atoms with Crippen LogP contribution < -0.4 is 5.32 Å². The first-order valence-corrected chi connectivity index (χ1v) is 11.5. The minimum Gasteiger partial charge on any atom is -0.478 e. The van der Waals surface area contributed by atoms with Crippen molar-refractivity contribution < 1.29 is 24.4 Å². The van der Waals surface area contributed by atoms with Gasteiger partial charge in [0.15, 0.2) is 0 Å². The highest BCUT2D eigenvalue weighted by atomic mass is 35.5. The number of hydrogen-bond donors (Lipinski definition) is 2. The van der Waals surface area contributed by atoms with Crippen LogP contribution in [0.4, 0.5) is 5.69 Å². The molecule has 0 aromatic heterocycles. The van der Waals surface area contributed by atoms with Gasteiger partial charge >= 0.3 is 11.9 Å². The Morgan fingerprint density at radius 2 is 1.81 bits per heavy atom. The molecule has 0 bridgehead atoms. The molecule has 1 heterocycles. The number of allylic oxidation sites excluding steroid dienone is 1. The van der Waals surface area contributed by atoms with Crippen LogP contribution in [0, 0.1) is 22.0 Å². The smallest absolute Gasteiger partial charge is 0.333 e. The third-order valence-corrected chi connectivity index (χ3v) is 6.63. The molecule has 194 valence electrons. The Morgan fingerprint density at radius 3 is 2.39 bits per heavy atom. The van der Waals surface area contributed by atoms with E-state index < -0.39 is 34.4 Å². The van der Waals surface area contributed by atoms with Crippen LogP contribution in [0.15, 0.2) is 65.9 Å². The third kappa shape index (κ3) is 6.03. The summed E-state index contributed by atoms with van der Waals surface area (Å²) in [5.41, 5.74) is 1.03. The van der Waals surface area contributed by atoms with Gasteiger partial charge in [-0.3, -0.25) is 19.8 Å². The van der Waals surface area contributed by atoms with Gasteiger partial charge in [0.2, 0.25) is 0 Å². The number of ether oxygens (including phenoxy) is 1. The fourth-order valence-corrected chi connectivity index (χ4v) is 4.93. The Balaban J connectivity index is 0.00000456. The highest BCUT2D eigenvalue weighted by molar-refractivity contribution is 5.90. The molecule has 0 radical (unpaired) electrons. The van der Waals surface area contributed by atoms with Gasteiger partial charge in [-0.1, -0.05) is 42.5 Å². The minimum atomic E-state index is -1.15. The van der Waals surface area contributed by atoms with E-state index in [0.29, 0.717) is 17.8 Å². The zero-order chi connectivity index (χ0) is 25.8. The Bertz CT molecular complexity index is 1140. The van der Waals surface area contributed by atoms with Crippen LogP contribution >= 0.6 is 12.4 Å². The Hall–Kier alpha value is -3.43. The number of carbonyl (C=O) groups excluding carboxylic acids is 1. The number of carboxylic acid groups (broad SMARTS) is 1. The molecule has 0 fully saturated rings. The summed E-state index contributed by atoms with van der Waals surface area (Å²) in [7, 11) is 1.87. The maximum atomic E-state index is 13.4. The quantitative estimate of drug-likeness (QED) is 0.289. The molecule has 3 rings (SSSR count). The number of esters is 1. The molecule has 10 heteroatoms. The topological polar surface area (TPSA) is 122 Å². The van der Waals surface area contributed by atoms with Gasteiger partial charge in [0.1, 0.15) is 11.6 Å². The second-order valence-electron chi connectivity index (χ2n) is 8.93. The molecule has 2 aromatic rings. The van der Waals surface area contributed by atoms with E-state index in [1.54, 1.807) is 26.0 Å². The number of rotatable bonds is 9. The van der Waals surface area contributed by atoms with Crippen LogP contribution in [-0.2, 0) is 27.3 Å². The highest BCUT2D eigenvalue weighted by Gasteiger charge is 2.53.